The smallest absolute Gasteiger partial charge is 0.337 e. The van der Waals surface area contributed by atoms with Gasteiger partial charge >= 0.3 is 11.9 Å². The third-order valence-corrected chi connectivity index (χ3v) is 3.59. The fraction of sp³-hybridized carbons (Fsp3) is 0. The quantitative estimate of drug-likeness (QED) is 0.630. The van der Waals surface area contributed by atoms with Crippen molar-refractivity contribution >= 4 is 45.3 Å². The second kappa shape index (κ2) is 4.85. The van der Waals surface area contributed by atoms with Crippen LogP contribution in [0.5, 0.6) is 0 Å². The average Bonchev–Trinajstić information content (AvgIpc) is 2.47. The minimum atomic E-state index is -1.27. The van der Waals surface area contributed by atoms with Gasteiger partial charge in [-0.1, -0.05) is 17.7 Å². The maximum Gasteiger partial charge on any atom is 0.337 e. The number of H-pyrrole nitrogens is 1. The molecule has 0 atom stereocenters. The normalized spacial score (nSPS) is 11.0. The Labute approximate surface area is 127 Å². The molecule has 3 N–H and O–H groups in total. The lowest BCUT2D eigenvalue weighted by Crippen LogP contribution is -2.10. The van der Waals surface area contributed by atoms with E-state index in [0.29, 0.717) is 0 Å². The van der Waals surface area contributed by atoms with E-state index in [1.54, 1.807) is 0 Å². The Morgan fingerprint density at radius 3 is 2.23 bits per heavy atom. The van der Waals surface area contributed by atoms with Crippen LogP contribution in [0.25, 0.3) is 21.8 Å². The van der Waals surface area contributed by atoms with Gasteiger partial charge in [0, 0.05) is 15.8 Å². The van der Waals surface area contributed by atoms with E-state index in [9.17, 15) is 24.6 Å². The van der Waals surface area contributed by atoms with E-state index in [1.165, 1.54) is 30.3 Å². The molecule has 0 amide bonds. The summed E-state index contributed by atoms with van der Waals surface area (Å²) in [4.78, 5) is 37.9. The Balaban J connectivity index is 2.62. The van der Waals surface area contributed by atoms with E-state index in [-0.39, 0.29) is 38.0 Å². The van der Waals surface area contributed by atoms with Crippen LogP contribution in [0.2, 0.25) is 5.02 Å². The number of aromatic carboxylic acids is 2. The molecule has 6 nitrogen and oxygen atoms in total. The van der Waals surface area contributed by atoms with Gasteiger partial charge in [-0.05, 0) is 24.3 Å². The minimum absolute atomic E-state index is 0.0445. The lowest BCUT2D eigenvalue weighted by atomic mass is 10.0. The number of aromatic nitrogens is 1. The van der Waals surface area contributed by atoms with Gasteiger partial charge in [-0.15, -0.1) is 0 Å². The summed E-state index contributed by atoms with van der Waals surface area (Å²) in [6.07, 6.45) is 0. The van der Waals surface area contributed by atoms with Gasteiger partial charge in [-0.2, -0.15) is 0 Å². The van der Waals surface area contributed by atoms with Crippen molar-refractivity contribution in [2.24, 2.45) is 0 Å². The number of hydrogen-bond acceptors (Lipinski definition) is 3. The molecular weight excluding hydrogens is 310 g/mol. The van der Waals surface area contributed by atoms with Crippen LogP contribution in [0.3, 0.4) is 0 Å². The zero-order chi connectivity index (χ0) is 16.0. The highest BCUT2D eigenvalue weighted by molar-refractivity contribution is 6.32. The van der Waals surface area contributed by atoms with Crippen molar-refractivity contribution in [3.8, 4) is 0 Å². The van der Waals surface area contributed by atoms with Crippen LogP contribution in [0.1, 0.15) is 20.7 Å². The molecule has 0 aliphatic heterocycles. The van der Waals surface area contributed by atoms with Crippen molar-refractivity contribution < 1.29 is 19.8 Å². The Morgan fingerprint density at radius 1 is 0.955 bits per heavy atom. The Morgan fingerprint density at radius 2 is 1.59 bits per heavy atom. The molecule has 3 aromatic rings. The topological polar surface area (TPSA) is 107 Å². The first-order chi connectivity index (χ1) is 10.4. The fourth-order valence-corrected chi connectivity index (χ4v) is 2.63. The van der Waals surface area contributed by atoms with Gasteiger partial charge in [0.25, 0.3) is 0 Å². The summed E-state index contributed by atoms with van der Waals surface area (Å²) in [5, 5.41) is 18.8. The van der Waals surface area contributed by atoms with Gasteiger partial charge in [0.15, 0.2) is 5.43 Å². The van der Waals surface area contributed by atoms with Crippen LogP contribution >= 0.6 is 11.6 Å². The molecule has 0 aliphatic carbocycles. The van der Waals surface area contributed by atoms with Crippen molar-refractivity contribution in [3.05, 3.63) is 56.7 Å². The van der Waals surface area contributed by atoms with Gasteiger partial charge in [-0.3, -0.25) is 4.79 Å². The highest BCUT2D eigenvalue weighted by Gasteiger charge is 2.17. The summed E-state index contributed by atoms with van der Waals surface area (Å²) in [5.74, 6) is -2.48. The minimum Gasteiger partial charge on any atom is -0.478 e. The van der Waals surface area contributed by atoms with Crippen molar-refractivity contribution in [3.63, 3.8) is 0 Å². The monoisotopic (exact) mass is 317 g/mol. The number of nitrogens with one attached hydrogen (secondary N) is 1. The van der Waals surface area contributed by atoms with Crippen LogP contribution in [-0.2, 0) is 0 Å². The molecule has 0 saturated heterocycles. The number of aromatic amines is 1. The summed E-state index contributed by atoms with van der Waals surface area (Å²) in [6.45, 7) is 0. The number of halogens is 1. The number of hydrogen-bond donors (Lipinski definition) is 3. The number of benzene rings is 2. The number of carboxylic acid groups (broad SMARTS) is 2. The second-order valence-electron chi connectivity index (χ2n) is 4.67. The average molecular weight is 318 g/mol. The van der Waals surface area contributed by atoms with E-state index in [4.69, 9.17) is 11.6 Å². The zero-order valence-corrected chi connectivity index (χ0v) is 11.6. The van der Waals surface area contributed by atoms with Crippen LogP contribution in [0.15, 0.2) is 35.1 Å². The van der Waals surface area contributed by atoms with E-state index in [0.717, 1.165) is 0 Å². The predicted octanol–water partition coefficient (Wildman–Crippen LogP) is 2.73. The molecule has 2 aromatic carbocycles. The summed E-state index contributed by atoms with van der Waals surface area (Å²) < 4.78 is 0. The third-order valence-electron chi connectivity index (χ3n) is 3.37. The molecule has 0 fully saturated rings. The van der Waals surface area contributed by atoms with Crippen molar-refractivity contribution in [1.82, 2.24) is 4.98 Å². The summed E-state index contributed by atoms with van der Waals surface area (Å²) in [7, 11) is 0. The zero-order valence-electron chi connectivity index (χ0n) is 10.9. The van der Waals surface area contributed by atoms with Crippen LogP contribution in [0, 0.1) is 0 Å². The molecule has 110 valence electrons. The molecule has 7 heteroatoms. The number of rotatable bonds is 2. The van der Waals surface area contributed by atoms with Gasteiger partial charge in [0.1, 0.15) is 0 Å². The number of pyridine rings is 1. The van der Waals surface area contributed by atoms with Crippen LogP contribution in [-0.4, -0.2) is 27.1 Å². The maximum absolute atomic E-state index is 12.5. The Kier molecular flexibility index (Phi) is 3.11. The van der Waals surface area contributed by atoms with E-state index in [1.807, 2.05) is 0 Å². The predicted molar refractivity (Wildman–Crippen MR) is 81.0 cm³/mol. The largest absolute Gasteiger partial charge is 0.478 e. The highest BCUT2D eigenvalue weighted by Crippen LogP contribution is 2.24. The van der Waals surface area contributed by atoms with Crippen LogP contribution in [0.4, 0.5) is 0 Å². The molecule has 0 spiro atoms. The molecular formula is C15H8ClNO5. The van der Waals surface area contributed by atoms with Crippen LogP contribution < -0.4 is 5.43 Å². The molecule has 22 heavy (non-hydrogen) atoms. The SMILES string of the molecule is O=C(O)c1cccc2c(=O)c3cc(Cl)cc(C(=O)O)c3[nH]c12. The summed E-state index contributed by atoms with van der Waals surface area (Å²) in [5.41, 5.74) is -0.651. The molecule has 0 aliphatic rings. The van der Waals surface area contributed by atoms with Crippen molar-refractivity contribution in [1.29, 1.82) is 0 Å². The summed E-state index contributed by atoms with van der Waals surface area (Å²) in [6, 6.07) is 6.83. The van der Waals surface area contributed by atoms with Crippen molar-refractivity contribution in [2.45, 2.75) is 0 Å². The Hall–Kier alpha value is -2.86. The molecule has 0 radical (unpaired) electrons. The number of para-hydroxylation sites is 1. The maximum atomic E-state index is 12.5. The van der Waals surface area contributed by atoms with Crippen molar-refractivity contribution in [2.75, 3.05) is 0 Å². The van der Waals surface area contributed by atoms with Gasteiger partial charge in [0.2, 0.25) is 0 Å². The number of carboxylic acids is 2. The second-order valence-corrected chi connectivity index (χ2v) is 5.10. The van der Waals surface area contributed by atoms with E-state index < -0.39 is 17.4 Å². The van der Waals surface area contributed by atoms with E-state index >= 15 is 0 Å². The summed E-state index contributed by atoms with van der Waals surface area (Å²) >= 11 is 5.86. The standard InChI is InChI=1S/C15H8ClNO5/c16-6-4-9-12(10(5-6)15(21)22)17-11-7(13(9)18)2-1-3-8(11)14(19)20/h1-5H,(H,17,18)(H,19,20)(H,21,22). The lowest BCUT2D eigenvalue weighted by molar-refractivity contribution is 0.0688. The molecule has 0 unspecified atom stereocenters. The van der Waals surface area contributed by atoms with E-state index in [2.05, 4.69) is 4.98 Å². The van der Waals surface area contributed by atoms with Gasteiger partial charge in [0.05, 0.1) is 22.2 Å². The molecule has 3 rings (SSSR count). The molecule has 0 bridgehead atoms. The fourth-order valence-electron chi connectivity index (χ4n) is 2.41. The number of fused-ring (bicyclic) bond motifs is 2. The van der Waals surface area contributed by atoms with Gasteiger partial charge < -0.3 is 15.2 Å². The third kappa shape index (κ3) is 2.01. The first-order valence-electron chi connectivity index (χ1n) is 6.15. The molecule has 0 saturated carbocycles. The number of carbonyl (C=O) groups is 2. The Bertz CT molecular complexity index is 1020. The first kappa shape index (κ1) is 14.1. The lowest BCUT2D eigenvalue weighted by Gasteiger charge is -2.08. The van der Waals surface area contributed by atoms with Gasteiger partial charge in [-0.25, -0.2) is 9.59 Å². The highest BCUT2D eigenvalue weighted by atomic mass is 35.5. The molecule has 1 heterocycles. The molecule has 1 aromatic heterocycles. The first-order valence-corrected chi connectivity index (χ1v) is 6.53.